The van der Waals surface area contributed by atoms with E-state index in [-0.39, 0.29) is 0 Å². The average molecular weight is 179 g/mol. The summed E-state index contributed by atoms with van der Waals surface area (Å²) in [5.41, 5.74) is 4.05. The molecule has 0 fully saturated rings. The van der Waals surface area contributed by atoms with E-state index in [2.05, 4.69) is 42.5 Å². The van der Waals surface area contributed by atoms with Crippen molar-refractivity contribution < 1.29 is 0 Å². The molecule has 2 heterocycles. The second-order valence-electron chi connectivity index (χ2n) is 4.22. The van der Waals surface area contributed by atoms with Crippen molar-refractivity contribution in [2.45, 2.75) is 39.9 Å². The normalized spacial score (nSPS) is 17.0. The molecule has 0 atom stereocenters. The van der Waals surface area contributed by atoms with Gasteiger partial charge in [-0.1, -0.05) is 0 Å². The van der Waals surface area contributed by atoms with Crippen LogP contribution in [-0.2, 0) is 13.1 Å². The van der Waals surface area contributed by atoms with Crippen LogP contribution in [0.25, 0.3) is 0 Å². The SMILES string of the molecule is Cc1nn(C(C)C)c2c1CN(C)C2. The molecule has 13 heavy (non-hydrogen) atoms. The van der Waals surface area contributed by atoms with Gasteiger partial charge in [-0.05, 0) is 27.8 Å². The molecule has 0 saturated carbocycles. The van der Waals surface area contributed by atoms with Gasteiger partial charge in [0.2, 0.25) is 0 Å². The molecule has 0 radical (unpaired) electrons. The fourth-order valence-electron chi connectivity index (χ4n) is 2.01. The predicted molar refractivity (Wildman–Crippen MR) is 52.5 cm³/mol. The van der Waals surface area contributed by atoms with E-state index in [1.807, 2.05) is 0 Å². The molecule has 0 amide bonds. The lowest BCUT2D eigenvalue weighted by atomic mass is 10.2. The van der Waals surface area contributed by atoms with Gasteiger partial charge in [-0.25, -0.2) is 0 Å². The summed E-state index contributed by atoms with van der Waals surface area (Å²) in [5, 5.41) is 4.56. The highest BCUT2D eigenvalue weighted by atomic mass is 15.3. The van der Waals surface area contributed by atoms with Crippen molar-refractivity contribution >= 4 is 0 Å². The van der Waals surface area contributed by atoms with E-state index in [0.717, 1.165) is 13.1 Å². The molecular formula is C10H17N3. The van der Waals surface area contributed by atoms with Crippen molar-refractivity contribution in [1.82, 2.24) is 14.7 Å². The first-order chi connectivity index (χ1) is 6.09. The molecule has 0 aliphatic carbocycles. The molecule has 0 bridgehead atoms. The lowest BCUT2D eigenvalue weighted by Gasteiger charge is -2.11. The summed E-state index contributed by atoms with van der Waals surface area (Å²) >= 11 is 0. The number of aromatic nitrogens is 2. The standard InChI is InChI=1S/C10H17N3/c1-7(2)13-10-6-12(4)5-9(10)8(3)11-13/h7H,5-6H2,1-4H3. The van der Waals surface area contributed by atoms with Crippen LogP contribution in [0, 0.1) is 6.92 Å². The minimum atomic E-state index is 0.481. The maximum Gasteiger partial charge on any atom is 0.0642 e. The topological polar surface area (TPSA) is 21.1 Å². The van der Waals surface area contributed by atoms with E-state index in [4.69, 9.17) is 0 Å². The Morgan fingerprint density at radius 3 is 2.62 bits per heavy atom. The lowest BCUT2D eigenvalue weighted by molar-refractivity contribution is 0.336. The number of rotatable bonds is 1. The first-order valence-electron chi connectivity index (χ1n) is 4.85. The Morgan fingerprint density at radius 1 is 1.31 bits per heavy atom. The maximum absolute atomic E-state index is 4.56. The van der Waals surface area contributed by atoms with Gasteiger partial charge in [-0.3, -0.25) is 9.58 Å². The fourth-order valence-corrected chi connectivity index (χ4v) is 2.01. The number of hydrogen-bond acceptors (Lipinski definition) is 2. The minimum Gasteiger partial charge on any atom is -0.296 e. The van der Waals surface area contributed by atoms with Gasteiger partial charge in [-0.2, -0.15) is 5.10 Å². The number of hydrogen-bond donors (Lipinski definition) is 0. The summed E-state index contributed by atoms with van der Waals surface area (Å²) in [6, 6.07) is 0.481. The Kier molecular flexibility index (Phi) is 1.91. The number of fused-ring (bicyclic) bond motifs is 1. The smallest absolute Gasteiger partial charge is 0.0642 e. The van der Waals surface area contributed by atoms with Crippen LogP contribution < -0.4 is 0 Å². The molecule has 0 aromatic carbocycles. The third-order valence-electron chi connectivity index (χ3n) is 2.66. The molecule has 1 aliphatic heterocycles. The third-order valence-corrected chi connectivity index (χ3v) is 2.66. The molecule has 1 aromatic heterocycles. The average Bonchev–Trinajstić information content (AvgIpc) is 2.51. The van der Waals surface area contributed by atoms with Gasteiger partial charge in [0.15, 0.2) is 0 Å². The minimum absolute atomic E-state index is 0.481. The van der Waals surface area contributed by atoms with Crippen molar-refractivity contribution in [3.63, 3.8) is 0 Å². The zero-order valence-electron chi connectivity index (χ0n) is 8.83. The summed E-state index contributed by atoms with van der Waals surface area (Å²) in [7, 11) is 2.16. The van der Waals surface area contributed by atoms with Crippen LogP contribution in [-0.4, -0.2) is 21.7 Å². The molecule has 0 spiro atoms. The van der Waals surface area contributed by atoms with Crippen LogP contribution in [0.5, 0.6) is 0 Å². The van der Waals surface area contributed by atoms with E-state index in [1.165, 1.54) is 17.0 Å². The van der Waals surface area contributed by atoms with Crippen LogP contribution in [0.4, 0.5) is 0 Å². The van der Waals surface area contributed by atoms with Crippen molar-refractivity contribution in [3.05, 3.63) is 17.0 Å². The molecule has 0 unspecified atom stereocenters. The highest BCUT2D eigenvalue weighted by Crippen LogP contribution is 2.26. The highest BCUT2D eigenvalue weighted by Gasteiger charge is 2.24. The molecule has 2 rings (SSSR count). The van der Waals surface area contributed by atoms with E-state index < -0.39 is 0 Å². The van der Waals surface area contributed by atoms with Crippen molar-refractivity contribution in [1.29, 1.82) is 0 Å². The van der Waals surface area contributed by atoms with Crippen molar-refractivity contribution in [2.75, 3.05) is 7.05 Å². The maximum atomic E-state index is 4.56. The zero-order valence-corrected chi connectivity index (χ0v) is 8.83. The van der Waals surface area contributed by atoms with Gasteiger partial charge in [0.05, 0.1) is 11.4 Å². The molecule has 1 aliphatic rings. The zero-order chi connectivity index (χ0) is 9.59. The van der Waals surface area contributed by atoms with Gasteiger partial charge in [0.25, 0.3) is 0 Å². The largest absolute Gasteiger partial charge is 0.296 e. The van der Waals surface area contributed by atoms with Crippen LogP contribution in [0.2, 0.25) is 0 Å². The second kappa shape index (κ2) is 2.84. The molecule has 1 aromatic rings. The Hall–Kier alpha value is -0.830. The molecule has 3 nitrogen and oxygen atoms in total. The molecule has 72 valence electrons. The number of nitrogens with zero attached hydrogens (tertiary/aromatic N) is 3. The van der Waals surface area contributed by atoms with E-state index >= 15 is 0 Å². The van der Waals surface area contributed by atoms with Gasteiger partial charge in [0.1, 0.15) is 0 Å². The van der Waals surface area contributed by atoms with E-state index in [1.54, 1.807) is 0 Å². The number of aryl methyl sites for hydroxylation is 1. The quantitative estimate of drug-likeness (QED) is 0.654. The summed E-state index contributed by atoms with van der Waals surface area (Å²) in [4.78, 5) is 2.33. The summed E-state index contributed by atoms with van der Waals surface area (Å²) in [5.74, 6) is 0. The highest BCUT2D eigenvalue weighted by molar-refractivity contribution is 5.29. The second-order valence-corrected chi connectivity index (χ2v) is 4.22. The first-order valence-corrected chi connectivity index (χ1v) is 4.85. The summed E-state index contributed by atoms with van der Waals surface area (Å²) < 4.78 is 2.16. The third kappa shape index (κ3) is 1.27. The van der Waals surface area contributed by atoms with Gasteiger partial charge >= 0.3 is 0 Å². The van der Waals surface area contributed by atoms with Crippen LogP contribution >= 0.6 is 0 Å². The Morgan fingerprint density at radius 2 is 2.00 bits per heavy atom. The van der Waals surface area contributed by atoms with Gasteiger partial charge in [-0.15, -0.1) is 0 Å². The Labute approximate surface area is 79.3 Å². The predicted octanol–water partition coefficient (Wildman–Crippen LogP) is 1.72. The van der Waals surface area contributed by atoms with Gasteiger partial charge < -0.3 is 0 Å². The first kappa shape index (κ1) is 8.75. The lowest BCUT2D eigenvalue weighted by Crippen LogP contribution is -2.13. The summed E-state index contributed by atoms with van der Waals surface area (Å²) in [6.45, 7) is 8.59. The molecule has 0 saturated heterocycles. The Balaban J connectivity index is 2.46. The Bertz CT molecular complexity index is 325. The molecule has 3 heteroatoms. The van der Waals surface area contributed by atoms with Crippen LogP contribution in [0.15, 0.2) is 0 Å². The monoisotopic (exact) mass is 179 g/mol. The van der Waals surface area contributed by atoms with E-state index in [9.17, 15) is 0 Å². The fraction of sp³-hybridized carbons (Fsp3) is 0.700. The van der Waals surface area contributed by atoms with Gasteiger partial charge in [0, 0.05) is 24.7 Å². The van der Waals surface area contributed by atoms with Crippen LogP contribution in [0.1, 0.15) is 36.8 Å². The van der Waals surface area contributed by atoms with Crippen LogP contribution in [0.3, 0.4) is 0 Å². The summed E-state index contributed by atoms with van der Waals surface area (Å²) in [6.07, 6.45) is 0. The van der Waals surface area contributed by atoms with Crippen molar-refractivity contribution in [2.24, 2.45) is 0 Å². The van der Waals surface area contributed by atoms with Crippen molar-refractivity contribution in [3.8, 4) is 0 Å². The molecule has 0 N–H and O–H groups in total. The molecular weight excluding hydrogens is 162 g/mol. The van der Waals surface area contributed by atoms with E-state index in [0.29, 0.717) is 6.04 Å².